The van der Waals surface area contributed by atoms with Crippen molar-refractivity contribution in [3.8, 4) is 0 Å². The number of nitrogens with two attached hydrogens (primary N) is 1. The highest BCUT2D eigenvalue weighted by Crippen LogP contribution is 2.11. The molecule has 13 heavy (non-hydrogen) atoms. The number of hydrogen-bond donors (Lipinski definition) is 2. The van der Waals surface area contributed by atoms with Crippen molar-refractivity contribution < 1.29 is 0 Å². The molecule has 0 spiro atoms. The standard InChI is InChI=1S/C9H16N4/c10-9-11-6-8(12-9)7-13-4-2-1-3-5-13/h6H,1-5,7H2,(H3,10,11,12). The summed E-state index contributed by atoms with van der Waals surface area (Å²) in [5.41, 5.74) is 6.62. The van der Waals surface area contributed by atoms with E-state index in [4.69, 9.17) is 5.73 Å². The van der Waals surface area contributed by atoms with Crippen molar-refractivity contribution in [2.24, 2.45) is 0 Å². The molecule has 1 aliphatic heterocycles. The molecule has 1 fully saturated rings. The van der Waals surface area contributed by atoms with Crippen LogP contribution in [-0.2, 0) is 6.54 Å². The van der Waals surface area contributed by atoms with Gasteiger partial charge in [0.1, 0.15) is 0 Å². The number of anilines is 1. The summed E-state index contributed by atoms with van der Waals surface area (Å²) < 4.78 is 0. The Bertz CT molecular complexity index is 262. The van der Waals surface area contributed by atoms with E-state index in [0.717, 1.165) is 12.2 Å². The van der Waals surface area contributed by atoms with Gasteiger partial charge in [0.25, 0.3) is 0 Å². The van der Waals surface area contributed by atoms with Gasteiger partial charge in [-0.1, -0.05) is 6.42 Å². The Balaban J connectivity index is 1.89. The fraction of sp³-hybridized carbons (Fsp3) is 0.667. The van der Waals surface area contributed by atoms with Gasteiger partial charge in [0, 0.05) is 6.54 Å². The molecule has 0 amide bonds. The summed E-state index contributed by atoms with van der Waals surface area (Å²) in [6, 6.07) is 0. The van der Waals surface area contributed by atoms with Gasteiger partial charge >= 0.3 is 0 Å². The number of aromatic amines is 1. The molecule has 0 aromatic carbocycles. The molecule has 0 bridgehead atoms. The second-order valence-electron chi connectivity index (χ2n) is 3.63. The fourth-order valence-electron chi connectivity index (χ4n) is 1.82. The highest BCUT2D eigenvalue weighted by molar-refractivity contribution is 5.18. The van der Waals surface area contributed by atoms with Gasteiger partial charge in [0.2, 0.25) is 0 Å². The number of hydrogen-bond acceptors (Lipinski definition) is 3. The third kappa shape index (κ3) is 2.21. The van der Waals surface area contributed by atoms with E-state index < -0.39 is 0 Å². The molecule has 4 nitrogen and oxygen atoms in total. The Morgan fingerprint density at radius 1 is 1.38 bits per heavy atom. The summed E-state index contributed by atoms with van der Waals surface area (Å²) in [4.78, 5) is 9.47. The number of nitrogens with zero attached hydrogens (tertiary/aromatic N) is 2. The van der Waals surface area contributed by atoms with E-state index in [1.807, 2.05) is 6.20 Å². The molecule has 1 aromatic heterocycles. The molecule has 2 rings (SSSR count). The van der Waals surface area contributed by atoms with E-state index in [0.29, 0.717) is 5.95 Å². The normalized spacial score (nSPS) is 19.1. The van der Waals surface area contributed by atoms with E-state index in [9.17, 15) is 0 Å². The number of nitrogen functional groups attached to an aromatic ring is 1. The molecule has 4 heteroatoms. The maximum absolute atomic E-state index is 5.50. The number of nitrogens with one attached hydrogen (secondary N) is 1. The van der Waals surface area contributed by atoms with Gasteiger partial charge in [0.15, 0.2) is 5.95 Å². The van der Waals surface area contributed by atoms with Crippen molar-refractivity contribution in [2.45, 2.75) is 25.8 Å². The Morgan fingerprint density at radius 2 is 2.15 bits per heavy atom. The lowest BCUT2D eigenvalue weighted by Gasteiger charge is -2.25. The predicted molar refractivity (Wildman–Crippen MR) is 52.1 cm³/mol. The number of likely N-dealkylation sites (tertiary alicyclic amines) is 1. The van der Waals surface area contributed by atoms with E-state index >= 15 is 0 Å². The Morgan fingerprint density at radius 3 is 2.77 bits per heavy atom. The van der Waals surface area contributed by atoms with Crippen LogP contribution < -0.4 is 5.73 Å². The molecule has 0 saturated carbocycles. The van der Waals surface area contributed by atoms with Crippen molar-refractivity contribution in [1.82, 2.24) is 14.9 Å². The quantitative estimate of drug-likeness (QED) is 0.713. The van der Waals surface area contributed by atoms with Crippen LogP contribution >= 0.6 is 0 Å². The summed E-state index contributed by atoms with van der Waals surface area (Å²) in [5.74, 6) is 0.520. The third-order valence-electron chi connectivity index (χ3n) is 2.49. The molecular weight excluding hydrogens is 164 g/mol. The molecule has 3 N–H and O–H groups in total. The first-order valence-electron chi connectivity index (χ1n) is 4.86. The molecule has 0 unspecified atom stereocenters. The SMILES string of the molecule is Nc1ncc(CN2CCCCC2)[nH]1. The summed E-state index contributed by atoms with van der Waals surface area (Å²) in [5, 5.41) is 0. The van der Waals surface area contributed by atoms with Crippen molar-refractivity contribution >= 4 is 5.95 Å². The van der Waals surface area contributed by atoms with E-state index in [-0.39, 0.29) is 0 Å². The molecule has 1 saturated heterocycles. The lowest BCUT2D eigenvalue weighted by molar-refractivity contribution is 0.219. The average Bonchev–Trinajstić information content (AvgIpc) is 2.53. The fourth-order valence-corrected chi connectivity index (χ4v) is 1.82. The van der Waals surface area contributed by atoms with Crippen molar-refractivity contribution in [2.75, 3.05) is 18.8 Å². The first kappa shape index (κ1) is 8.56. The second-order valence-corrected chi connectivity index (χ2v) is 3.63. The first-order valence-corrected chi connectivity index (χ1v) is 4.86. The van der Waals surface area contributed by atoms with Crippen LogP contribution in [0.1, 0.15) is 25.0 Å². The second kappa shape index (κ2) is 3.79. The lowest BCUT2D eigenvalue weighted by atomic mass is 10.1. The van der Waals surface area contributed by atoms with Gasteiger partial charge in [0.05, 0.1) is 11.9 Å². The van der Waals surface area contributed by atoms with Gasteiger partial charge in [-0.15, -0.1) is 0 Å². The van der Waals surface area contributed by atoms with E-state index in [2.05, 4.69) is 14.9 Å². The van der Waals surface area contributed by atoms with Crippen LogP contribution in [0.15, 0.2) is 6.20 Å². The zero-order valence-corrected chi connectivity index (χ0v) is 7.79. The molecule has 1 aliphatic rings. The van der Waals surface area contributed by atoms with Crippen LogP contribution in [0.4, 0.5) is 5.95 Å². The minimum Gasteiger partial charge on any atom is -0.369 e. The van der Waals surface area contributed by atoms with Gasteiger partial charge in [-0.05, 0) is 25.9 Å². The molecule has 0 radical (unpaired) electrons. The molecule has 0 aliphatic carbocycles. The zero-order chi connectivity index (χ0) is 9.10. The van der Waals surface area contributed by atoms with Crippen LogP contribution in [0, 0.1) is 0 Å². The van der Waals surface area contributed by atoms with Gasteiger partial charge in [-0.2, -0.15) is 0 Å². The molecule has 0 atom stereocenters. The lowest BCUT2D eigenvalue weighted by Crippen LogP contribution is -2.29. The van der Waals surface area contributed by atoms with Gasteiger partial charge < -0.3 is 10.7 Å². The van der Waals surface area contributed by atoms with Gasteiger partial charge in [-0.25, -0.2) is 4.98 Å². The van der Waals surface area contributed by atoms with E-state index in [1.165, 1.54) is 32.4 Å². The largest absolute Gasteiger partial charge is 0.369 e. The summed E-state index contributed by atoms with van der Waals surface area (Å²) in [6.07, 6.45) is 5.85. The van der Waals surface area contributed by atoms with Crippen molar-refractivity contribution in [3.63, 3.8) is 0 Å². The molecule has 72 valence electrons. The number of H-pyrrole nitrogens is 1. The Kier molecular flexibility index (Phi) is 2.49. The number of aromatic nitrogens is 2. The van der Waals surface area contributed by atoms with Crippen molar-refractivity contribution in [3.05, 3.63) is 11.9 Å². The number of piperidine rings is 1. The highest BCUT2D eigenvalue weighted by Gasteiger charge is 2.10. The summed E-state index contributed by atoms with van der Waals surface area (Å²) >= 11 is 0. The Labute approximate surface area is 78.1 Å². The number of imidazole rings is 1. The third-order valence-corrected chi connectivity index (χ3v) is 2.49. The Hall–Kier alpha value is -1.03. The maximum atomic E-state index is 5.50. The van der Waals surface area contributed by atoms with Crippen LogP contribution in [-0.4, -0.2) is 28.0 Å². The minimum absolute atomic E-state index is 0.520. The summed E-state index contributed by atoms with van der Waals surface area (Å²) in [7, 11) is 0. The monoisotopic (exact) mass is 180 g/mol. The van der Waals surface area contributed by atoms with Crippen LogP contribution in [0.25, 0.3) is 0 Å². The molecular formula is C9H16N4. The topological polar surface area (TPSA) is 57.9 Å². The highest BCUT2D eigenvalue weighted by atomic mass is 15.1. The minimum atomic E-state index is 0.520. The molecule has 1 aromatic rings. The van der Waals surface area contributed by atoms with Crippen LogP contribution in [0.5, 0.6) is 0 Å². The number of rotatable bonds is 2. The van der Waals surface area contributed by atoms with Crippen molar-refractivity contribution in [1.29, 1.82) is 0 Å². The average molecular weight is 180 g/mol. The van der Waals surface area contributed by atoms with Gasteiger partial charge in [-0.3, -0.25) is 4.90 Å². The van der Waals surface area contributed by atoms with Crippen LogP contribution in [0.3, 0.4) is 0 Å². The van der Waals surface area contributed by atoms with Crippen LogP contribution in [0.2, 0.25) is 0 Å². The maximum Gasteiger partial charge on any atom is 0.197 e. The summed E-state index contributed by atoms with van der Waals surface area (Å²) in [6.45, 7) is 3.38. The smallest absolute Gasteiger partial charge is 0.197 e. The predicted octanol–water partition coefficient (Wildman–Crippen LogP) is 0.978. The zero-order valence-electron chi connectivity index (χ0n) is 7.79. The molecule has 2 heterocycles. The first-order chi connectivity index (χ1) is 6.34. The van der Waals surface area contributed by atoms with E-state index in [1.54, 1.807) is 0 Å².